The van der Waals surface area contributed by atoms with Crippen LogP contribution >= 0.6 is 0 Å². The van der Waals surface area contributed by atoms with Crippen LogP contribution in [0.25, 0.3) is 0 Å². The molecule has 2 N–H and O–H groups in total. The molecule has 118 valence electrons. The summed E-state index contributed by atoms with van der Waals surface area (Å²) >= 11 is 0. The molecule has 5 nitrogen and oxygen atoms in total. The molecule has 0 radical (unpaired) electrons. The summed E-state index contributed by atoms with van der Waals surface area (Å²) in [6.45, 7) is 7.12. The predicted octanol–water partition coefficient (Wildman–Crippen LogP) is 2.49. The van der Waals surface area contributed by atoms with Crippen molar-refractivity contribution in [2.45, 2.75) is 52.5 Å². The van der Waals surface area contributed by atoms with Gasteiger partial charge in [-0.3, -0.25) is 4.21 Å². The van der Waals surface area contributed by atoms with Crippen LogP contribution in [0.2, 0.25) is 0 Å². The fourth-order valence-corrected chi connectivity index (χ4v) is 3.81. The van der Waals surface area contributed by atoms with Crippen LogP contribution in [0.4, 0.5) is 11.6 Å². The van der Waals surface area contributed by atoms with E-state index in [-0.39, 0.29) is 0 Å². The van der Waals surface area contributed by atoms with E-state index in [1.165, 1.54) is 0 Å². The minimum Gasteiger partial charge on any atom is -0.370 e. The maximum Gasteiger partial charge on any atom is 0.134 e. The zero-order chi connectivity index (χ0) is 15.2. The van der Waals surface area contributed by atoms with Crippen LogP contribution in [0.1, 0.15) is 44.5 Å². The van der Waals surface area contributed by atoms with Gasteiger partial charge in [-0.15, -0.1) is 0 Å². The summed E-state index contributed by atoms with van der Waals surface area (Å²) < 4.78 is 11.5. The Labute approximate surface area is 129 Å². The first-order valence-electron chi connectivity index (χ1n) is 7.86. The van der Waals surface area contributed by atoms with Gasteiger partial charge in [-0.1, -0.05) is 6.92 Å². The average molecular weight is 310 g/mol. The molecule has 0 bridgehead atoms. The van der Waals surface area contributed by atoms with Gasteiger partial charge in [-0.2, -0.15) is 0 Å². The Morgan fingerprint density at radius 3 is 2.48 bits per heavy atom. The van der Waals surface area contributed by atoms with Crippen LogP contribution < -0.4 is 10.6 Å². The second-order valence-corrected chi connectivity index (χ2v) is 7.21. The molecule has 2 rings (SSSR count). The highest BCUT2D eigenvalue weighted by atomic mass is 32.2. The van der Waals surface area contributed by atoms with Crippen molar-refractivity contribution in [1.29, 1.82) is 0 Å². The molecule has 1 aromatic heterocycles. The Kier molecular flexibility index (Phi) is 5.96. The first kappa shape index (κ1) is 16.2. The fraction of sp³-hybridized carbons (Fsp3) is 0.733. The molecule has 0 unspecified atom stereocenters. The van der Waals surface area contributed by atoms with Crippen molar-refractivity contribution in [2.75, 3.05) is 28.7 Å². The number of rotatable bonds is 6. The van der Waals surface area contributed by atoms with Gasteiger partial charge in [0.1, 0.15) is 17.5 Å². The van der Waals surface area contributed by atoms with Crippen LogP contribution in [-0.4, -0.2) is 38.3 Å². The molecule has 0 atom stereocenters. The Bertz CT molecular complexity index is 497. The molecule has 21 heavy (non-hydrogen) atoms. The molecule has 1 aliphatic rings. The van der Waals surface area contributed by atoms with Crippen LogP contribution in [0.5, 0.6) is 0 Å². The zero-order valence-corrected chi connectivity index (χ0v) is 14.1. The summed E-state index contributed by atoms with van der Waals surface area (Å²) in [7, 11) is -0.624. The lowest BCUT2D eigenvalue weighted by Gasteiger charge is -2.24. The highest BCUT2D eigenvalue weighted by Gasteiger charge is 2.20. The van der Waals surface area contributed by atoms with Crippen LogP contribution in [0, 0.1) is 6.92 Å². The predicted molar refractivity (Wildman–Crippen MR) is 89.4 cm³/mol. The monoisotopic (exact) mass is 310 g/mol. The Morgan fingerprint density at radius 2 is 1.86 bits per heavy atom. The third kappa shape index (κ3) is 4.40. The van der Waals surface area contributed by atoms with E-state index < -0.39 is 10.8 Å². The molecule has 0 aromatic carbocycles. The maximum atomic E-state index is 11.5. The summed E-state index contributed by atoms with van der Waals surface area (Å²) in [6.07, 6.45) is 3.84. The summed E-state index contributed by atoms with van der Waals surface area (Å²) in [5, 5.41) is 6.86. The SMILES string of the molecule is CCCc1nc(NCC)c(C)c(NC2CCS(=O)CC2)n1. The first-order valence-corrected chi connectivity index (χ1v) is 9.35. The molecule has 0 amide bonds. The minimum absolute atomic E-state index is 0.375. The summed E-state index contributed by atoms with van der Waals surface area (Å²) in [4.78, 5) is 9.29. The largest absolute Gasteiger partial charge is 0.370 e. The van der Waals surface area contributed by atoms with E-state index in [9.17, 15) is 4.21 Å². The van der Waals surface area contributed by atoms with Gasteiger partial charge in [-0.25, -0.2) is 9.97 Å². The number of hydrogen-bond acceptors (Lipinski definition) is 5. The molecule has 1 fully saturated rings. The molecule has 1 aromatic rings. The van der Waals surface area contributed by atoms with E-state index in [0.717, 1.165) is 66.8 Å². The third-order valence-corrected chi connectivity index (χ3v) is 5.12. The maximum absolute atomic E-state index is 11.5. The zero-order valence-electron chi connectivity index (χ0n) is 13.2. The highest BCUT2D eigenvalue weighted by molar-refractivity contribution is 7.85. The van der Waals surface area contributed by atoms with Gasteiger partial charge in [0, 0.05) is 46.9 Å². The number of nitrogens with zero attached hydrogens (tertiary/aromatic N) is 2. The van der Waals surface area contributed by atoms with Gasteiger partial charge in [0.25, 0.3) is 0 Å². The van der Waals surface area contributed by atoms with Gasteiger partial charge in [0.2, 0.25) is 0 Å². The minimum atomic E-state index is -0.624. The van der Waals surface area contributed by atoms with Crippen molar-refractivity contribution in [3.63, 3.8) is 0 Å². The molecular formula is C15H26N4OS. The number of hydrogen-bond donors (Lipinski definition) is 2. The van der Waals surface area contributed by atoms with Crippen molar-refractivity contribution >= 4 is 22.4 Å². The van der Waals surface area contributed by atoms with Crippen molar-refractivity contribution in [3.05, 3.63) is 11.4 Å². The van der Waals surface area contributed by atoms with Gasteiger partial charge in [-0.05, 0) is 33.1 Å². The van der Waals surface area contributed by atoms with E-state index in [0.29, 0.717) is 6.04 Å². The van der Waals surface area contributed by atoms with E-state index in [2.05, 4.69) is 41.4 Å². The number of aryl methyl sites for hydroxylation is 1. The Hall–Kier alpha value is -1.17. The molecule has 1 saturated heterocycles. The lowest BCUT2D eigenvalue weighted by molar-refractivity contribution is 0.621. The molecule has 0 spiro atoms. The second-order valence-electron chi connectivity index (χ2n) is 5.51. The lowest BCUT2D eigenvalue weighted by atomic mass is 10.1. The topological polar surface area (TPSA) is 66.9 Å². The molecular weight excluding hydrogens is 284 g/mol. The van der Waals surface area contributed by atoms with Crippen molar-refractivity contribution in [1.82, 2.24) is 9.97 Å². The van der Waals surface area contributed by atoms with E-state index in [4.69, 9.17) is 0 Å². The lowest BCUT2D eigenvalue weighted by Crippen LogP contribution is -2.30. The van der Waals surface area contributed by atoms with Gasteiger partial charge < -0.3 is 10.6 Å². The second kappa shape index (κ2) is 7.73. The van der Waals surface area contributed by atoms with Crippen molar-refractivity contribution in [3.8, 4) is 0 Å². The smallest absolute Gasteiger partial charge is 0.134 e. The molecule has 6 heteroatoms. The summed E-state index contributed by atoms with van der Waals surface area (Å²) in [5.41, 5.74) is 1.07. The van der Waals surface area contributed by atoms with E-state index in [1.807, 2.05) is 0 Å². The van der Waals surface area contributed by atoms with Crippen LogP contribution in [-0.2, 0) is 17.2 Å². The van der Waals surface area contributed by atoms with Crippen molar-refractivity contribution in [2.24, 2.45) is 0 Å². The van der Waals surface area contributed by atoms with Gasteiger partial charge >= 0.3 is 0 Å². The average Bonchev–Trinajstić information content (AvgIpc) is 2.47. The molecule has 1 aliphatic heterocycles. The third-order valence-electron chi connectivity index (χ3n) is 3.74. The van der Waals surface area contributed by atoms with E-state index >= 15 is 0 Å². The number of aromatic nitrogens is 2. The highest BCUT2D eigenvalue weighted by Crippen LogP contribution is 2.23. The molecule has 0 saturated carbocycles. The summed E-state index contributed by atoms with van der Waals surface area (Å²) in [5.74, 6) is 4.34. The fourth-order valence-electron chi connectivity index (χ4n) is 2.51. The van der Waals surface area contributed by atoms with Crippen molar-refractivity contribution < 1.29 is 4.21 Å². The summed E-state index contributed by atoms with van der Waals surface area (Å²) in [6, 6.07) is 0.375. The Morgan fingerprint density at radius 1 is 1.19 bits per heavy atom. The van der Waals surface area contributed by atoms with Gasteiger partial charge in [0.15, 0.2) is 0 Å². The molecule has 2 heterocycles. The van der Waals surface area contributed by atoms with Crippen LogP contribution in [0.3, 0.4) is 0 Å². The quantitative estimate of drug-likeness (QED) is 0.845. The van der Waals surface area contributed by atoms with Crippen LogP contribution in [0.15, 0.2) is 0 Å². The number of nitrogens with one attached hydrogen (secondary N) is 2. The number of anilines is 2. The van der Waals surface area contributed by atoms with Gasteiger partial charge in [0.05, 0.1) is 0 Å². The standard InChI is InChI=1S/C15H26N4OS/c1-4-6-13-18-14(16-5-2)11(3)15(19-13)17-12-7-9-21(20)10-8-12/h12H,4-10H2,1-3H3,(H2,16,17,18,19). The normalized spacial score (nSPS) is 22.0. The van der Waals surface area contributed by atoms with E-state index in [1.54, 1.807) is 0 Å². The molecule has 0 aliphatic carbocycles. The Balaban J connectivity index is 2.17. The first-order chi connectivity index (χ1) is 10.1.